The number of hydrogen-bond donors (Lipinski definition) is 3. The summed E-state index contributed by atoms with van der Waals surface area (Å²) in [5, 5.41) is 9.29. The van der Waals surface area contributed by atoms with Crippen molar-refractivity contribution in [3.63, 3.8) is 0 Å². The van der Waals surface area contributed by atoms with E-state index in [2.05, 4.69) is 15.0 Å². The summed E-state index contributed by atoms with van der Waals surface area (Å²) < 4.78 is 13.9. The van der Waals surface area contributed by atoms with E-state index in [0.29, 0.717) is 5.65 Å². The topological polar surface area (TPSA) is 110 Å². The molecule has 0 aliphatic carbocycles. The first-order valence-electron chi connectivity index (χ1n) is 5.49. The van der Waals surface area contributed by atoms with Crippen molar-refractivity contribution in [3.05, 3.63) is 16.7 Å². The van der Waals surface area contributed by atoms with Crippen LogP contribution in [0.3, 0.4) is 0 Å². The fourth-order valence-electron chi connectivity index (χ4n) is 1.84. The molecule has 7 nitrogen and oxygen atoms in total. The molecule has 8 heteroatoms. The van der Waals surface area contributed by atoms with E-state index in [1.807, 2.05) is 0 Å². The van der Waals surface area contributed by atoms with E-state index < -0.39 is 18.3 Å². The molecule has 98 valence electrons. The molecule has 0 bridgehead atoms. The van der Waals surface area contributed by atoms with Gasteiger partial charge in [0.05, 0.1) is 12.4 Å². The van der Waals surface area contributed by atoms with Gasteiger partial charge in [0.2, 0.25) is 5.95 Å². The SMILES string of the molecule is CC(CC(O)CF)n1cnc2c(=O)[nH]c(N)nc21. The number of alkyl halides is 1. The summed E-state index contributed by atoms with van der Waals surface area (Å²) in [6.45, 7) is 0.964. The molecule has 0 aliphatic heterocycles. The van der Waals surface area contributed by atoms with Gasteiger partial charge in [-0.2, -0.15) is 4.98 Å². The van der Waals surface area contributed by atoms with Crippen LogP contribution in [0.5, 0.6) is 0 Å². The Kier molecular flexibility index (Phi) is 3.28. The number of nitrogen functional groups attached to an aromatic ring is 1. The molecule has 0 amide bonds. The molecule has 0 spiro atoms. The number of aromatic nitrogens is 4. The van der Waals surface area contributed by atoms with E-state index in [9.17, 15) is 14.3 Å². The number of hydrogen-bond acceptors (Lipinski definition) is 5. The number of rotatable bonds is 4. The first kappa shape index (κ1) is 12.5. The lowest BCUT2D eigenvalue weighted by Gasteiger charge is -2.15. The van der Waals surface area contributed by atoms with Gasteiger partial charge in [-0.3, -0.25) is 9.78 Å². The summed E-state index contributed by atoms with van der Waals surface area (Å²) >= 11 is 0. The third-order valence-electron chi connectivity index (χ3n) is 2.72. The van der Waals surface area contributed by atoms with Gasteiger partial charge >= 0.3 is 0 Å². The van der Waals surface area contributed by atoms with E-state index in [0.717, 1.165) is 0 Å². The highest BCUT2D eigenvalue weighted by Gasteiger charge is 2.16. The Hall–Kier alpha value is -1.96. The molecule has 2 atom stereocenters. The largest absolute Gasteiger partial charge is 0.390 e. The number of aliphatic hydroxyl groups excluding tert-OH is 1. The first-order valence-corrected chi connectivity index (χ1v) is 5.49. The fourth-order valence-corrected chi connectivity index (χ4v) is 1.84. The zero-order chi connectivity index (χ0) is 13.3. The molecule has 0 saturated heterocycles. The van der Waals surface area contributed by atoms with Crippen molar-refractivity contribution >= 4 is 17.1 Å². The highest BCUT2D eigenvalue weighted by Crippen LogP contribution is 2.18. The summed E-state index contributed by atoms with van der Waals surface area (Å²) in [7, 11) is 0. The van der Waals surface area contributed by atoms with Gasteiger partial charge in [-0.15, -0.1) is 0 Å². The van der Waals surface area contributed by atoms with Crippen molar-refractivity contribution in [2.24, 2.45) is 0 Å². The normalized spacial score (nSPS) is 14.8. The molecule has 0 aliphatic rings. The van der Waals surface area contributed by atoms with E-state index in [4.69, 9.17) is 5.73 Å². The van der Waals surface area contributed by atoms with E-state index in [-0.39, 0.29) is 23.9 Å². The maximum absolute atomic E-state index is 12.3. The molecular weight excluding hydrogens is 241 g/mol. The molecule has 0 fully saturated rings. The number of aliphatic hydroxyl groups is 1. The lowest BCUT2D eigenvalue weighted by atomic mass is 10.1. The molecule has 2 rings (SSSR count). The molecule has 18 heavy (non-hydrogen) atoms. The van der Waals surface area contributed by atoms with Crippen LogP contribution in [0.25, 0.3) is 11.2 Å². The Morgan fingerprint density at radius 1 is 1.67 bits per heavy atom. The Balaban J connectivity index is 2.43. The first-order chi connectivity index (χ1) is 8.52. The summed E-state index contributed by atoms with van der Waals surface area (Å²) in [5.74, 6) is -0.00695. The fraction of sp³-hybridized carbons (Fsp3) is 0.500. The zero-order valence-electron chi connectivity index (χ0n) is 9.80. The Morgan fingerprint density at radius 3 is 3.06 bits per heavy atom. The minimum atomic E-state index is -1.04. The standard InChI is InChI=1S/C10H14FN5O2/c1-5(2-6(17)3-11)16-4-13-7-8(16)14-10(12)15-9(7)18/h4-6,17H,2-3H2,1H3,(H3,12,14,15,18). The monoisotopic (exact) mass is 255 g/mol. The van der Waals surface area contributed by atoms with Gasteiger partial charge < -0.3 is 15.4 Å². The smallest absolute Gasteiger partial charge is 0.280 e. The third kappa shape index (κ3) is 2.19. The minimum Gasteiger partial charge on any atom is -0.390 e. The van der Waals surface area contributed by atoms with Gasteiger partial charge in [-0.05, 0) is 13.3 Å². The zero-order valence-corrected chi connectivity index (χ0v) is 9.80. The van der Waals surface area contributed by atoms with E-state index in [1.54, 1.807) is 11.5 Å². The van der Waals surface area contributed by atoms with Crippen LogP contribution in [0.15, 0.2) is 11.1 Å². The maximum atomic E-state index is 12.3. The number of nitrogens with two attached hydrogens (primary N) is 1. The number of nitrogens with zero attached hydrogens (tertiary/aromatic N) is 3. The minimum absolute atomic E-state index is 0.00695. The second-order valence-corrected chi connectivity index (χ2v) is 4.17. The number of imidazole rings is 1. The van der Waals surface area contributed by atoms with Gasteiger partial charge in [-0.1, -0.05) is 0 Å². The lowest BCUT2D eigenvalue weighted by Crippen LogP contribution is -2.17. The van der Waals surface area contributed by atoms with Crippen molar-refractivity contribution in [1.82, 2.24) is 19.5 Å². The molecule has 0 saturated carbocycles. The van der Waals surface area contributed by atoms with Crippen LogP contribution in [-0.2, 0) is 0 Å². The van der Waals surface area contributed by atoms with Crippen molar-refractivity contribution in [2.75, 3.05) is 12.4 Å². The third-order valence-corrected chi connectivity index (χ3v) is 2.72. The summed E-state index contributed by atoms with van der Waals surface area (Å²) in [6, 6.07) is -0.241. The Labute approximate surface area is 101 Å². The molecule has 0 radical (unpaired) electrons. The van der Waals surface area contributed by atoms with E-state index >= 15 is 0 Å². The predicted octanol–water partition coefficient (Wildman–Crippen LogP) is -0.0167. The van der Waals surface area contributed by atoms with Crippen LogP contribution < -0.4 is 11.3 Å². The summed E-state index contributed by atoms with van der Waals surface area (Å²) in [5.41, 5.74) is 5.54. The summed E-state index contributed by atoms with van der Waals surface area (Å²) in [6.07, 6.45) is 0.593. The second kappa shape index (κ2) is 4.73. The van der Waals surface area contributed by atoms with Gasteiger partial charge in [-0.25, -0.2) is 9.37 Å². The van der Waals surface area contributed by atoms with Crippen LogP contribution in [0.4, 0.5) is 10.3 Å². The van der Waals surface area contributed by atoms with Crippen LogP contribution in [-0.4, -0.2) is 37.4 Å². The average Bonchev–Trinajstić information content (AvgIpc) is 2.72. The number of aromatic amines is 1. The van der Waals surface area contributed by atoms with Gasteiger partial charge in [0.15, 0.2) is 11.2 Å². The van der Waals surface area contributed by atoms with Gasteiger partial charge in [0.25, 0.3) is 5.56 Å². The number of fused-ring (bicyclic) bond motifs is 1. The van der Waals surface area contributed by atoms with E-state index in [1.165, 1.54) is 6.33 Å². The molecule has 2 aromatic rings. The van der Waals surface area contributed by atoms with Crippen molar-refractivity contribution in [1.29, 1.82) is 0 Å². The number of anilines is 1. The molecule has 2 heterocycles. The number of halogens is 1. The number of nitrogens with one attached hydrogen (secondary N) is 1. The van der Waals surface area contributed by atoms with Crippen LogP contribution in [0, 0.1) is 0 Å². The molecule has 0 aromatic carbocycles. The van der Waals surface area contributed by atoms with Crippen molar-refractivity contribution in [3.8, 4) is 0 Å². The molecule has 2 unspecified atom stereocenters. The average molecular weight is 255 g/mol. The molecule has 2 aromatic heterocycles. The second-order valence-electron chi connectivity index (χ2n) is 4.17. The van der Waals surface area contributed by atoms with Crippen molar-refractivity contribution in [2.45, 2.75) is 25.5 Å². The van der Waals surface area contributed by atoms with Crippen LogP contribution in [0.2, 0.25) is 0 Å². The van der Waals surface area contributed by atoms with Gasteiger partial charge in [0.1, 0.15) is 6.67 Å². The highest BCUT2D eigenvalue weighted by molar-refractivity contribution is 5.70. The quantitative estimate of drug-likeness (QED) is 0.711. The Morgan fingerprint density at radius 2 is 2.39 bits per heavy atom. The number of H-pyrrole nitrogens is 1. The highest BCUT2D eigenvalue weighted by atomic mass is 19.1. The molecular formula is C10H14FN5O2. The summed E-state index contributed by atoms with van der Waals surface area (Å²) in [4.78, 5) is 21.8. The van der Waals surface area contributed by atoms with Crippen molar-refractivity contribution < 1.29 is 9.50 Å². The lowest BCUT2D eigenvalue weighted by molar-refractivity contribution is 0.117. The maximum Gasteiger partial charge on any atom is 0.280 e. The Bertz CT molecular complexity index is 608. The molecule has 4 N–H and O–H groups in total. The van der Waals surface area contributed by atoms with Crippen LogP contribution >= 0.6 is 0 Å². The van der Waals surface area contributed by atoms with Gasteiger partial charge in [0, 0.05) is 6.04 Å². The van der Waals surface area contributed by atoms with Crippen LogP contribution in [0.1, 0.15) is 19.4 Å². The predicted molar refractivity (Wildman–Crippen MR) is 63.9 cm³/mol.